The highest BCUT2D eigenvalue weighted by molar-refractivity contribution is 5.78. The average molecular weight is 268 g/mol. The van der Waals surface area contributed by atoms with E-state index >= 15 is 0 Å². The summed E-state index contributed by atoms with van der Waals surface area (Å²) in [7, 11) is 0. The lowest BCUT2D eigenvalue weighted by Gasteiger charge is -2.46. The number of hydrogen-bond acceptors (Lipinski definition) is 3. The minimum Gasteiger partial charge on any atom is -0.480 e. The van der Waals surface area contributed by atoms with Crippen LogP contribution in [0.1, 0.15) is 64.7 Å². The Balaban J connectivity index is 2.04. The molecule has 3 atom stereocenters. The molecule has 0 bridgehead atoms. The third-order valence-corrected chi connectivity index (χ3v) is 4.95. The third-order valence-electron chi connectivity index (χ3n) is 4.95. The summed E-state index contributed by atoms with van der Waals surface area (Å²) in [6.45, 7) is 3.36. The van der Waals surface area contributed by atoms with Crippen molar-refractivity contribution < 1.29 is 9.90 Å². The lowest BCUT2D eigenvalue weighted by Crippen LogP contribution is -2.57. The van der Waals surface area contributed by atoms with Crippen molar-refractivity contribution in [2.45, 2.75) is 82.3 Å². The fraction of sp³-hybridized carbons (Fsp3) is 0.933. The van der Waals surface area contributed by atoms with Crippen molar-refractivity contribution in [1.82, 2.24) is 4.90 Å². The first-order chi connectivity index (χ1) is 9.07. The van der Waals surface area contributed by atoms with E-state index in [1.165, 1.54) is 32.1 Å². The normalized spacial score (nSPS) is 37.2. The lowest BCUT2D eigenvalue weighted by molar-refractivity contribution is -0.145. The van der Waals surface area contributed by atoms with Crippen molar-refractivity contribution in [3.05, 3.63) is 0 Å². The minimum atomic E-state index is -0.989. The van der Waals surface area contributed by atoms with E-state index in [4.69, 9.17) is 5.73 Å². The number of nitrogens with zero attached hydrogens (tertiary/aromatic N) is 1. The highest BCUT2D eigenvalue weighted by atomic mass is 16.4. The molecule has 0 amide bonds. The summed E-state index contributed by atoms with van der Waals surface area (Å²) in [6, 6.07) is 1.03. The second-order valence-corrected chi connectivity index (χ2v) is 6.39. The van der Waals surface area contributed by atoms with Gasteiger partial charge in [0, 0.05) is 12.1 Å². The predicted molar refractivity (Wildman–Crippen MR) is 76.1 cm³/mol. The van der Waals surface area contributed by atoms with Gasteiger partial charge >= 0.3 is 5.97 Å². The number of carbonyl (C=O) groups is 1. The molecule has 4 nitrogen and oxygen atoms in total. The first-order valence-electron chi connectivity index (χ1n) is 7.85. The molecule has 0 aromatic heterocycles. The van der Waals surface area contributed by atoms with Crippen LogP contribution in [-0.2, 0) is 4.79 Å². The SMILES string of the molecule is CCCC1CCCCN1C1CCCC(N)(C(=O)O)C1. The zero-order chi connectivity index (χ0) is 13.9. The van der Waals surface area contributed by atoms with Gasteiger partial charge in [-0.15, -0.1) is 0 Å². The van der Waals surface area contributed by atoms with E-state index in [0.29, 0.717) is 24.9 Å². The molecule has 0 spiro atoms. The van der Waals surface area contributed by atoms with Crippen LogP contribution in [0.5, 0.6) is 0 Å². The maximum atomic E-state index is 11.4. The molecule has 4 heteroatoms. The van der Waals surface area contributed by atoms with E-state index in [9.17, 15) is 9.90 Å². The second-order valence-electron chi connectivity index (χ2n) is 6.39. The van der Waals surface area contributed by atoms with Crippen molar-refractivity contribution in [3.63, 3.8) is 0 Å². The van der Waals surface area contributed by atoms with Gasteiger partial charge in [0.15, 0.2) is 0 Å². The molecular formula is C15H28N2O2. The molecule has 1 aliphatic carbocycles. The molecule has 2 fully saturated rings. The van der Waals surface area contributed by atoms with Gasteiger partial charge in [-0.25, -0.2) is 0 Å². The summed E-state index contributed by atoms with van der Waals surface area (Å²) in [5.41, 5.74) is 5.10. The van der Waals surface area contributed by atoms with Gasteiger partial charge in [-0.1, -0.05) is 19.8 Å². The molecule has 3 N–H and O–H groups in total. The van der Waals surface area contributed by atoms with Crippen LogP contribution in [0, 0.1) is 0 Å². The fourth-order valence-corrected chi connectivity index (χ4v) is 3.90. The summed E-state index contributed by atoms with van der Waals surface area (Å²) in [5.74, 6) is -0.818. The van der Waals surface area contributed by atoms with Crippen molar-refractivity contribution in [3.8, 4) is 0 Å². The predicted octanol–water partition coefficient (Wildman–Crippen LogP) is 2.37. The molecule has 2 rings (SSSR count). The van der Waals surface area contributed by atoms with E-state index in [2.05, 4.69) is 11.8 Å². The maximum absolute atomic E-state index is 11.4. The standard InChI is InChI=1S/C15H28N2O2/c1-2-6-12-7-3-4-10-17(12)13-8-5-9-15(16,11-13)14(18)19/h12-13H,2-11,16H2,1H3,(H,18,19). The first kappa shape index (κ1) is 14.8. The van der Waals surface area contributed by atoms with E-state index in [0.717, 1.165) is 19.4 Å². The molecule has 0 aromatic carbocycles. The van der Waals surface area contributed by atoms with Crippen LogP contribution < -0.4 is 5.73 Å². The van der Waals surface area contributed by atoms with Gasteiger partial charge in [-0.2, -0.15) is 0 Å². The topological polar surface area (TPSA) is 66.6 Å². The molecule has 19 heavy (non-hydrogen) atoms. The smallest absolute Gasteiger partial charge is 0.323 e. The van der Waals surface area contributed by atoms with Crippen LogP contribution in [0.3, 0.4) is 0 Å². The Kier molecular flexibility index (Phi) is 4.85. The van der Waals surface area contributed by atoms with Gasteiger partial charge < -0.3 is 10.8 Å². The molecule has 3 unspecified atom stereocenters. The van der Waals surface area contributed by atoms with Crippen LogP contribution in [0.25, 0.3) is 0 Å². The Bertz CT molecular complexity index is 319. The van der Waals surface area contributed by atoms with Gasteiger partial charge in [0.1, 0.15) is 5.54 Å². The Morgan fingerprint density at radius 1 is 1.37 bits per heavy atom. The fourth-order valence-electron chi connectivity index (χ4n) is 3.90. The number of nitrogens with two attached hydrogens (primary N) is 1. The zero-order valence-corrected chi connectivity index (χ0v) is 12.1. The van der Waals surface area contributed by atoms with E-state index in [1.54, 1.807) is 0 Å². The number of hydrogen-bond donors (Lipinski definition) is 2. The van der Waals surface area contributed by atoms with Gasteiger partial charge in [0.2, 0.25) is 0 Å². The van der Waals surface area contributed by atoms with Gasteiger partial charge in [-0.3, -0.25) is 9.69 Å². The number of carboxylic acids is 1. The van der Waals surface area contributed by atoms with Crippen LogP contribution in [0.2, 0.25) is 0 Å². The minimum absolute atomic E-state index is 0.381. The Morgan fingerprint density at radius 3 is 2.84 bits per heavy atom. The van der Waals surface area contributed by atoms with Crippen molar-refractivity contribution >= 4 is 5.97 Å². The zero-order valence-electron chi connectivity index (χ0n) is 12.1. The molecule has 2 aliphatic rings. The molecule has 1 aliphatic heterocycles. The van der Waals surface area contributed by atoms with E-state index < -0.39 is 11.5 Å². The molecule has 110 valence electrons. The van der Waals surface area contributed by atoms with Crippen LogP contribution in [0.15, 0.2) is 0 Å². The first-order valence-corrected chi connectivity index (χ1v) is 7.85. The average Bonchev–Trinajstić information content (AvgIpc) is 2.40. The highest BCUT2D eigenvalue weighted by Crippen LogP contribution is 2.34. The number of likely N-dealkylation sites (tertiary alicyclic amines) is 1. The largest absolute Gasteiger partial charge is 0.480 e. The number of carboxylic acid groups (broad SMARTS) is 1. The monoisotopic (exact) mass is 268 g/mol. The van der Waals surface area contributed by atoms with Gasteiger partial charge in [0.05, 0.1) is 0 Å². The summed E-state index contributed by atoms with van der Waals surface area (Å²) < 4.78 is 0. The third kappa shape index (κ3) is 3.29. The number of aliphatic carboxylic acids is 1. The van der Waals surface area contributed by atoms with Crippen LogP contribution in [0.4, 0.5) is 0 Å². The summed E-state index contributed by atoms with van der Waals surface area (Å²) in [5, 5.41) is 9.34. The van der Waals surface area contributed by atoms with Crippen LogP contribution in [-0.4, -0.2) is 40.1 Å². The number of piperidine rings is 1. The van der Waals surface area contributed by atoms with Crippen LogP contribution >= 0.6 is 0 Å². The Labute approximate surface area is 116 Å². The quantitative estimate of drug-likeness (QED) is 0.821. The molecule has 1 heterocycles. The van der Waals surface area contributed by atoms with E-state index in [-0.39, 0.29) is 0 Å². The summed E-state index contributed by atoms with van der Waals surface area (Å²) in [4.78, 5) is 13.9. The molecule has 1 saturated heterocycles. The Morgan fingerprint density at radius 2 is 2.16 bits per heavy atom. The highest BCUT2D eigenvalue weighted by Gasteiger charge is 2.42. The molecule has 0 radical (unpaired) electrons. The molecular weight excluding hydrogens is 240 g/mol. The molecule has 0 aromatic rings. The summed E-state index contributed by atoms with van der Waals surface area (Å²) >= 11 is 0. The Hall–Kier alpha value is -0.610. The van der Waals surface area contributed by atoms with Crippen molar-refractivity contribution in [2.75, 3.05) is 6.54 Å². The molecule has 1 saturated carbocycles. The van der Waals surface area contributed by atoms with Crippen molar-refractivity contribution in [2.24, 2.45) is 5.73 Å². The van der Waals surface area contributed by atoms with Gasteiger partial charge in [-0.05, 0) is 51.5 Å². The second kappa shape index (κ2) is 6.23. The maximum Gasteiger partial charge on any atom is 0.323 e. The summed E-state index contributed by atoms with van der Waals surface area (Å²) in [6.07, 6.45) is 9.61. The van der Waals surface area contributed by atoms with Gasteiger partial charge in [0.25, 0.3) is 0 Å². The number of rotatable bonds is 4. The van der Waals surface area contributed by atoms with E-state index in [1.807, 2.05) is 0 Å². The van der Waals surface area contributed by atoms with Crippen molar-refractivity contribution in [1.29, 1.82) is 0 Å². The lowest BCUT2D eigenvalue weighted by atomic mass is 9.78.